The highest BCUT2D eigenvalue weighted by atomic mass is 16.5. The van der Waals surface area contributed by atoms with Crippen molar-refractivity contribution in [3.8, 4) is 17.2 Å². The average Bonchev–Trinajstić information content (AvgIpc) is 2.66. The van der Waals surface area contributed by atoms with Crippen LogP contribution in [0.5, 0.6) is 17.2 Å². The van der Waals surface area contributed by atoms with E-state index in [2.05, 4.69) is 5.32 Å². The molecule has 0 radical (unpaired) electrons. The van der Waals surface area contributed by atoms with Gasteiger partial charge in [-0.1, -0.05) is 30.3 Å². The van der Waals surface area contributed by atoms with Gasteiger partial charge in [-0.2, -0.15) is 0 Å². The number of carbonyl (C=O) groups is 2. The van der Waals surface area contributed by atoms with Crippen LogP contribution in [-0.2, 0) is 11.4 Å². The van der Waals surface area contributed by atoms with Gasteiger partial charge in [0.25, 0.3) is 5.91 Å². The molecular weight excluding hydrogens is 338 g/mol. The first-order valence-corrected chi connectivity index (χ1v) is 7.98. The summed E-state index contributed by atoms with van der Waals surface area (Å²) in [6, 6.07) is 12.7. The largest absolute Gasteiger partial charge is 0.493 e. The number of nitrogens with one attached hydrogen (secondary N) is 1. The van der Waals surface area contributed by atoms with Crippen molar-refractivity contribution >= 4 is 11.9 Å². The second-order valence-electron chi connectivity index (χ2n) is 5.38. The van der Waals surface area contributed by atoms with Crippen LogP contribution in [0.2, 0.25) is 0 Å². The third kappa shape index (κ3) is 5.14. The maximum atomic E-state index is 12.2. The normalized spacial score (nSPS) is 10.1. The molecule has 0 heterocycles. The molecule has 26 heavy (non-hydrogen) atoms. The lowest BCUT2D eigenvalue weighted by atomic mass is 10.1. The van der Waals surface area contributed by atoms with Gasteiger partial charge in [0.15, 0.2) is 11.5 Å². The van der Waals surface area contributed by atoms with E-state index in [-0.39, 0.29) is 18.5 Å². The van der Waals surface area contributed by atoms with E-state index < -0.39 is 11.9 Å². The molecule has 0 aliphatic carbocycles. The molecule has 0 unspecified atom stereocenters. The highest BCUT2D eigenvalue weighted by Crippen LogP contribution is 2.39. The lowest BCUT2D eigenvalue weighted by Crippen LogP contribution is -2.26. The van der Waals surface area contributed by atoms with Crippen LogP contribution in [0.1, 0.15) is 22.3 Å². The van der Waals surface area contributed by atoms with E-state index in [9.17, 15) is 9.59 Å². The lowest BCUT2D eigenvalue weighted by molar-refractivity contribution is -0.136. The summed E-state index contributed by atoms with van der Waals surface area (Å²) < 4.78 is 16.5. The van der Waals surface area contributed by atoms with Crippen LogP contribution >= 0.6 is 0 Å². The van der Waals surface area contributed by atoms with Gasteiger partial charge in [-0.3, -0.25) is 9.59 Å². The van der Waals surface area contributed by atoms with Crippen molar-refractivity contribution in [2.45, 2.75) is 13.0 Å². The van der Waals surface area contributed by atoms with Crippen molar-refractivity contribution in [3.63, 3.8) is 0 Å². The van der Waals surface area contributed by atoms with Crippen LogP contribution in [0.15, 0.2) is 42.5 Å². The molecule has 7 heteroatoms. The molecule has 2 aromatic carbocycles. The molecule has 0 atom stereocenters. The summed E-state index contributed by atoms with van der Waals surface area (Å²) in [4.78, 5) is 22.7. The fourth-order valence-electron chi connectivity index (χ4n) is 2.27. The number of carbonyl (C=O) groups excluding carboxylic acids is 1. The Hall–Kier alpha value is -3.22. The number of benzene rings is 2. The number of amides is 1. The van der Waals surface area contributed by atoms with Crippen LogP contribution in [-0.4, -0.2) is 37.7 Å². The zero-order valence-electron chi connectivity index (χ0n) is 14.7. The number of methoxy groups -OCH3 is 2. The number of rotatable bonds is 9. The third-order valence-corrected chi connectivity index (χ3v) is 3.57. The second kappa shape index (κ2) is 9.31. The quantitative estimate of drug-likeness (QED) is 0.714. The molecule has 0 spiro atoms. The summed E-state index contributed by atoms with van der Waals surface area (Å²) in [6.45, 7) is 0.350. The number of carboxylic acid groups (broad SMARTS) is 1. The molecule has 138 valence electrons. The Morgan fingerprint density at radius 3 is 2.19 bits per heavy atom. The smallest absolute Gasteiger partial charge is 0.305 e. The minimum atomic E-state index is -0.981. The lowest BCUT2D eigenvalue weighted by Gasteiger charge is -2.16. The van der Waals surface area contributed by atoms with E-state index >= 15 is 0 Å². The third-order valence-electron chi connectivity index (χ3n) is 3.57. The maximum Gasteiger partial charge on any atom is 0.305 e. The number of ether oxygens (including phenoxy) is 3. The van der Waals surface area contributed by atoms with Crippen molar-refractivity contribution in [1.82, 2.24) is 5.32 Å². The molecule has 0 aliphatic rings. The van der Waals surface area contributed by atoms with Gasteiger partial charge < -0.3 is 24.6 Å². The Morgan fingerprint density at radius 2 is 1.65 bits per heavy atom. The van der Waals surface area contributed by atoms with Crippen LogP contribution in [0.25, 0.3) is 0 Å². The molecule has 0 saturated carbocycles. The molecule has 0 saturated heterocycles. The van der Waals surface area contributed by atoms with Gasteiger partial charge in [0.1, 0.15) is 6.61 Å². The van der Waals surface area contributed by atoms with Crippen molar-refractivity contribution < 1.29 is 28.9 Å². The van der Waals surface area contributed by atoms with Gasteiger partial charge in [-0.05, 0) is 17.7 Å². The zero-order valence-corrected chi connectivity index (χ0v) is 14.7. The Kier molecular flexibility index (Phi) is 6.84. The number of aliphatic carboxylic acids is 1. The Morgan fingerprint density at radius 1 is 1.04 bits per heavy atom. The zero-order chi connectivity index (χ0) is 18.9. The van der Waals surface area contributed by atoms with Crippen LogP contribution < -0.4 is 19.5 Å². The second-order valence-corrected chi connectivity index (χ2v) is 5.38. The van der Waals surface area contributed by atoms with Crippen LogP contribution in [0, 0.1) is 0 Å². The first kappa shape index (κ1) is 19.1. The standard InChI is InChI=1S/C19H21NO6/c1-24-15-10-14(19(23)20-9-8-17(21)22)11-16(25-2)18(15)26-12-13-6-4-3-5-7-13/h3-7,10-11H,8-9,12H2,1-2H3,(H,20,23)(H,21,22). The van der Waals surface area contributed by atoms with Crippen LogP contribution in [0.3, 0.4) is 0 Å². The van der Waals surface area contributed by atoms with Gasteiger partial charge in [-0.25, -0.2) is 0 Å². The minimum Gasteiger partial charge on any atom is -0.493 e. The predicted molar refractivity (Wildman–Crippen MR) is 94.9 cm³/mol. The Labute approximate surface area is 151 Å². The molecule has 2 aromatic rings. The van der Waals surface area contributed by atoms with Gasteiger partial charge in [0.2, 0.25) is 5.75 Å². The molecular formula is C19H21NO6. The Balaban J connectivity index is 2.18. The summed E-state index contributed by atoms with van der Waals surface area (Å²) in [6.07, 6.45) is -0.154. The fraction of sp³-hybridized carbons (Fsp3) is 0.263. The molecule has 0 aromatic heterocycles. The summed E-state index contributed by atoms with van der Waals surface area (Å²) in [5.74, 6) is -0.309. The van der Waals surface area contributed by atoms with E-state index in [0.717, 1.165) is 5.56 Å². The van der Waals surface area contributed by atoms with Crippen LogP contribution in [0.4, 0.5) is 0 Å². The summed E-state index contributed by atoms with van der Waals surface area (Å²) in [7, 11) is 2.94. The molecule has 1 amide bonds. The van der Waals surface area contributed by atoms with Crippen molar-refractivity contribution in [1.29, 1.82) is 0 Å². The van der Waals surface area contributed by atoms with Gasteiger partial charge in [0.05, 0.1) is 20.6 Å². The monoisotopic (exact) mass is 359 g/mol. The molecule has 7 nitrogen and oxygen atoms in total. The SMILES string of the molecule is COc1cc(C(=O)NCCC(=O)O)cc(OC)c1OCc1ccccc1. The summed E-state index contributed by atoms with van der Waals surface area (Å²) in [5.41, 5.74) is 1.27. The number of hydrogen-bond donors (Lipinski definition) is 2. The van der Waals surface area contributed by atoms with Crippen molar-refractivity contribution in [2.24, 2.45) is 0 Å². The van der Waals surface area contributed by atoms with E-state index in [1.165, 1.54) is 26.4 Å². The molecule has 0 aliphatic heterocycles. The first-order valence-electron chi connectivity index (χ1n) is 7.98. The summed E-state index contributed by atoms with van der Waals surface area (Å²) in [5, 5.41) is 11.2. The van der Waals surface area contributed by atoms with Crippen molar-refractivity contribution in [2.75, 3.05) is 20.8 Å². The van der Waals surface area contributed by atoms with E-state index in [1.807, 2.05) is 30.3 Å². The molecule has 0 fully saturated rings. The number of carboxylic acids is 1. The first-order chi connectivity index (χ1) is 12.5. The van der Waals surface area contributed by atoms with Gasteiger partial charge in [-0.15, -0.1) is 0 Å². The highest BCUT2D eigenvalue weighted by Gasteiger charge is 2.18. The topological polar surface area (TPSA) is 94.1 Å². The molecule has 0 bridgehead atoms. The van der Waals surface area contributed by atoms with Gasteiger partial charge >= 0.3 is 5.97 Å². The number of hydrogen-bond acceptors (Lipinski definition) is 5. The van der Waals surface area contributed by atoms with E-state index in [0.29, 0.717) is 23.9 Å². The van der Waals surface area contributed by atoms with Crippen molar-refractivity contribution in [3.05, 3.63) is 53.6 Å². The fourth-order valence-corrected chi connectivity index (χ4v) is 2.27. The minimum absolute atomic E-state index is 0.0328. The highest BCUT2D eigenvalue weighted by molar-refractivity contribution is 5.95. The van der Waals surface area contributed by atoms with E-state index in [4.69, 9.17) is 19.3 Å². The molecule has 2 rings (SSSR count). The Bertz CT molecular complexity index is 735. The predicted octanol–water partition coefficient (Wildman–Crippen LogP) is 2.49. The summed E-state index contributed by atoms with van der Waals surface area (Å²) >= 11 is 0. The average molecular weight is 359 g/mol. The van der Waals surface area contributed by atoms with Gasteiger partial charge in [0, 0.05) is 12.1 Å². The van der Waals surface area contributed by atoms with E-state index in [1.54, 1.807) is 0 Å². The molecule has 2 N–H and O–H groups in total. The maximum absolute atomic E-state index is 12.2.